The molecule has 0 unspecified atom stereocenters. The quantitative estimate of drug-likeness (QED) is 0.335. The van der Waals surface area contributed by atoms with Gasteiger partial charge in [0.15, 0.2) is 0 Å². The molecule has 0 bridgehead atoms. The summed E-state index contributed by atoms with van der Waals surface area (Å²) in [6.07, 6.45) is 5.75. The van der Waals surface area contributed by atoms with Crippen molar-refractivity contribution in [2.75, 3.05) is 6.61 Å². The van der Waals surface area contributed by atoms with Crippen LogP contribution in [0.1, 0.15) is 46.0 Å². The first-order valence-electron chi connectivity index (χ1n) is 4.74. The van der Waals surface area contributed by atoms with E-state index in [1.807, 2.05) is 0 Å². The molecule has 0 saturated heterocycles. The summed E-state index contributed by atoms with van der Waals surface area (Å²) in [6, 6.07) is 0. The van der Waals surface area contributed by atoms with E-state index in [-0.39, 0.29) is 0 Å². The lowest BCUT2D eigenvalue weighted by atomic mass is 10.2. The first-order valence-corrected chi connectivity index (χ1v) is 4.74. The topological polar surface area (TPSA) is 44.8 Å². The van der Waals surface area contributed by atoms with E-state index in [2.05, 4.69) is 21.7 Å². The molecule has 0 atom stereocenters. The molecule has 0 aliphatic rings. The van der Waals surface area contributed by atoms with Gasteiger partial charge in [0.2, 0.25) is 0 Å². The third-order valence-electron chi connectivity index (χ3n) is 1.53. The third kappa shape index (κ3) is 11.4. The van der Waals surface area contributed by atoms with Crippen LogP contribution in [0, 0.1) is 0 Å². The molecule has 0 aromatic carbocycles. The second-order valence-corrected chi connectivity index (χ2v) is 2.88. The van der Waals surface area contributed by atoms with E-state index in [4.69, 9.17) is 0 Å². The van der Waals surface area contributed by atoms with Crippen LogP contribution in [-0.2, 0) is 19.6 Å². The van der Waals surface area contributed by atoms with Gasteiger partial charge in [-0.15, -0.1) is 0 Å². The van der Waals surface area contributed by atoms with E-state index in [0.717, 1.165) is 12.8 Å². The number of hydrogen-bond donors (Lipinski definition) is 0. The lowest BCUT2D eigenvalue weighted by Gasteiger charge is -2.00. The number of carbonyl (C=O) groups excluding carboxylic acids is 1. The monoisotopic (exact) mass is 190 g/mol. The molecule has 0 fully saturated rings. The fourth-order valence-corrected chi connectivity index (χ4v) is 0.871. The fourth-order valence-electron chi connectivity index (χ4n) is 0.871. The molecule has 0 radical (unpaired) electrons. The van der Waals surface area contributed by atoms with Crippen molar-refractivity contribution < 1.29 is 19.6 Å². The van der Waals surface area contributed by atoms with E-state index in [1.165, 1.54) is 26.2 Å². The van der Waals surface area contributed by atoms with Crippen LogP contribution in [0.2, 0.25) is 0 Å². The zero-order valence-electron chi connectivity index (χ0n) is 8.38. The Balaban J connectivity index is 2.87. The predicted octanol–water partition coefficient (Wildman–Crippen LogP) is 2.38. The number of rotatable bonds is 8. The van der Waals surface area contributed by atoms with Gasteiger partial charge in [-0.25, -0.2) is 4.79 Å². The van der Waals surface area contributed by atoms with Crippen LogP contribution < -0.4 is 0 Å². The van der Waals surface area contributed by atoms with Gasteiger partial charge >= 0.3 is 5.97 Å². The Bertz CT molecular complexity index is 125. The highest BCUT2D eigenvalue weighted by molar-refractivity contribution is 5.65. The second-order valence-electron chi connectivity index (χ2n) is 2.88. The van der Waals surface area contributed by atoms with E-state index in [9.17, 15) is 4.79 Å². The summed E-state index contributed by atoms with van der Waals surface area (Å²) in [7, 11) is 0. The minimum atomic E-state index is -0.508. The zero-order valence-corrected chi connectivity index (χ0v) is 8.38. The average Bonchev–Trinajstić information content (AvgIpc) is 2.09. The van der Waals surface area contributed by atoms with Crippen molar-refractivity contribution in [3.8, 4) is 0 Å². The van der Waals surface area contributed by atoms with E-state index >= 15 is 0 Å². The summed E-state index contributed by atoms with van der Waals surface area (Å²) in [4.78, 5) is 18.9. The van der Waals surface area contributed by atoms with Crippen LogP contribution in [0.15, 0.2) is 0 Å². The maximum atomic E-state index is 10.2. The van der Waals surface area contributed by atoms with Gasteiger partial charge in [0, 0.05) is 6.92 Å². The Labute approximate surface area is 79.0 Å². The van der Waals surface area contributed by atoms with Crippen LogP contribution in [0.4, 0.5) is 0 Å². The Morgan fingerprint density at radius 3 is 2.46 bits per heavy atom. The molecule has 13 heavy (non-hydrogen) atoms. The number of carbonyl (C=O) groups is 1. The Kier molecular flexibility index (Phi) is 9.03. The van der Waals surface area contributed by atoms with Crippen molar-refractivity contribution in [1.29, 1.82) is 0 Å². The van der Waals surface area contributed by atoms with Crippen LogP contribution in [-0.4, -0.2) is 12.6 Å². The summed E-state index contributed by atoms with van der Waals surface area (Å²) in [5.41, 5.74) is 0. The predicted molar refractivity (Wildman–Crippen MR) is 47.6 cm³/mol. The highest BCUT2D eigenvalue weighted by atomic mass is 17.5. The van der Waals surface area contributed by atoms with E-state index in [1.54, 1.807) is 0 Å². The summed E-state index contributed by atoms with van der Waals surface area (Å²) in [6.45, 7) is 3.89. The summed E-state index contributed by atoms with van der Waals surface area (Å²) < 4.78 is 0. The molecular formula is C9H18O4. The molecule has 0 aliphatic heterocycles. The molecule has 78 valence electrons. The van der Waals surface area contributed by atoms with E-state index < -0.39 is 5.97 Å². The molecule has 0 spiro atoms. The molecule has 0 saturated carbocycles. The lowest BCUT2D eigenvalue weighted by Crippen LogP contribution is -2.02. The van der Waals surface area contributed by atoms with Crippen molar-refractivity contribution >= 4 is 5.97 Å². The molecule has 0 aromatic heterocycles. The normalized spacial score (nSPS) is 10.0. The lowest BCUT2D eigenvalue weighted by molar-refractivity contribution is -0.486. The zero-order chi connectivity index (χ0) is 9.94. The largest absolute Gasteiger partial charge is 0.342 e. The second kappa shape index (κ2) is 9.48. The van der Waals surface area contributed by atoms with Crippen LogP contribution >= 0.6 is 0 Å². The summed E-state index contributed by atoms with van der Waals surface area (Å²) in [5, 5.41) is 4.15. The van der Waals surface area contributed by atoms with Crippen molar-refractivity contribution in [2.24, 2.45) is 0 Å². The van der Waals surface area contributed by atoms with Crippen molar-refractivity contribution in [3.63, 3.8) is 0 Å². The fraction of sp³-hybridized carbons (Fsp3) is 0.889. The van der Waals surface area contributed by atoms with Gasteiger partial charge in [-0.05, 0) is 11.5 Å². The Morgan fingerprint density at radius 2 is 1.85 bits per heavy atom. The Morgan fingerprint density at radius 1 is 1.15 bits per heavy atom. The van der Waals surface area contributed by atoms with Crippen LogP contribution in [0.3, 0.4) is 0 Å². The molecule has 0 amide bonds. The summed E-state index contributed by atoms with van der Waals surface area (Å²) in [5.74, 6) is -0.508. The molecule has 0 aliphatic carbocycles. The van der Waals surface area contributed by atoms with Crippen molar-refractivity contribution in [3.05, 3.63) is 0 Å². The van der Waals surface area contributed by atoms with Crippen LogP contribution in [0.25, 0.3) is 0 Å². The van der Waals surface area contributed by atoms with Gasteiger partial charge in [0.1, 0.15) is 0 Å². The maximum absolute atomic E-state index is 10.2. The highest BCUT2D eigenvalue weighted by Gasteiger charge is 1.94. The minimum Gasteiger partial charge on any atom is -0.269 e. The molecule has 0 rings (SSSR count). The summed E-state index contributed by atoms with van der Waals surface area (Å²) >= 11 is 0. The first kappa shape index (κ1) is 12.4. The van der Waals surface area contributed by atoms with Gasteiger partial charge < -0.3 is 0 Å². The molecule has 4 nitrogen and oxygen atoms in total. The van der Waals surface area contributed by atoms with Crippen molar-refractivity contribution in [2.45, 2.75) is 46.0 Å². The minimum absolute atomic E-state index is 0.469. The highest BCUT2D eigenvalue weighted by Crippen LogP contribution is 2.02. The molecule has 0 heterocycles. The van der Waals surface area contributed by atoms with Gasteiger partial charge in [-0.3, -0.25) is 4.89 Å². The first-order chi connectivity index (χ1) is 6.27. The van der Waals surface area contributed by atoms with Gasteiger partial charge in [0.25, 0.3) is 0 Å². The van der Waals surface area contributed by atoms with Gasteiger partial charge in [0.05, 0.1) is 6.61 Å². The molecular weight excluding hydrogens is 172 g/mol. The van der Waals surface area contributed by atoms with Crippen LogP contribution in [0.5, 0.6) is 0 Å². The smallest absolute Gasteiger partial charge is 0.269 e. The Hall–Kier alpha value is -0.610. The molecule has 0 N–H and O–H groups in total. The van der Waals surface area contributed by atoms with Crippen molar-refractivity contribution in [1.82, 2.24) is 0 Å². The van der Waals surface area contributed by atoms with Gasteiger partial charge in [-0.2, -0.15) is 4.89 Å². The third-order valence-corrected chi connectivity index (χ3v) is 1.53. The maximum Gasteiger partial charge on any atom is 0.342 e. The number of unbranched alkanes of at least 4 members (excludes halogenated alkanes) is 4. The molecule has 4 heteroatoms. The average molecular weight is 190 g/mol. The number of hydrogen-bond acceptors (Lipinski definition) is 4. The SMILES string of the molecule is CCCCCCCOOOC(C)=O. The molecule has 0 aromatic rings. The van der Waals surface area contributed by atoms with Gasteiger partial charge in [-0.1, -0.05) is 32.6 Å². The van der Waals surface area contributed by atoms with E-state index in [0.29, 0.717) is 6.61 Å². The standard InChI is InChI=1S/C9H18O4/c1-3-4-5-6-7-8-11-13-12-9(2)10/h3-8H2,1-2H3.